The first kappa shape index (κ1) is 65.9. The van der Waals surface area contributed by atoms with Gasteiger partial charge in [-0.15, -0.1) is 0 Å². The molecule has 14 N–H and O–H groups in total. The Bertz CT molecular complexity index is 1600. The summed E-state index contributed by atoms with van der Waals surface area (Å²) in [7, 11) is 1.35. The third kappa shape index (κ3) is 22.5. The van der Waals surface area contributed by atoms with E-state index in [0.717, 1.165) is 0 Å². The van der Waals surface area contributed by atoms with Gasteiger partial charge in [-0.1, -0.05) is 20.8 Å². The van der Waals surface area contributed by atoms with Crippen molar-refractivity contribution >= 4 is 29.5 Å². The molecule has 3 saturated heterocycles. The Hall–Kier alpha value is -3.37. The van der Waals surface area contributed by atoms with Crippen LogP contribution in [0.3, 0.4) is 0 Å². The number of ether oxygens (including phenoxy) is 9. The highest BCUT2D eigenvalue weighted by Crippen LogP contribution is 2.29. The molecular weight excluding hydrogens is 1000 g/mol. The molecule has 3 rings (SSSR count). The van der Waals surface area contributed by atoms with E-state index in [0.29, 0.717) is 19.3 Å². The standard InChI is InChI=1S/C47H85N5O23/c1-27-38(61)41(64)30(21-53)73-44(27)70-15-5-12-48-33(56)8-11-47(52-37(60)20-36(59)51-26-67-4,24-68-18-9-34(57)49-13-6-16-71-45-28(2)39(62)42(65)31(22-54)74-45)25-69-19-10-35(58)50-14-7-17-72-46-29(3)40(63)43(66)32(23-55)75-46/h27-32,38-46,53-55,61-66H,5-26H2,1-4H3,(H,48,56)(H,49,57)(H,50,58)(H,51,59)(H,52,60)/t27?,28?,29?,30?,31?,32?,38-,39-,40-,41+,42+,43+,44-,45-,46-,47?/m1/s1. The molecule has 0 aromatic carbocycles. The van der Waals surface area contributed by atoms with Crippen LogP contribution in [-0.4, -0.2) is 254 Å². The van der Waals surface area contributed by atoms with Crippen molar-refractivity contribution in [1.29, 1.82) is 0 Å². The molecule has 3 aliphatic rings. The second kappa shape index (κ2) is 35.2. The quantitative estimate of drug-likeness (QED) is 0.0158. The number of rotatable bonds is 36. The number of aliphatic hydroxyl groups excluding tert-OH is 9. The maximum Gasteiger partial charge on any atom is 0.231 e. The number of methoxy groups -OCH3 is 1. The van der Waals surface area contributed by atoms with E-state index in [2.05, 4.69) is 26.6 Å². The van der Waals surface area contributed by atoms with Crippen LogP contribution in [0.4, 0.5) is 0 Å². The van der Waals surface area contributed by atoms with Crippen molar-refractivity contribution in [3.05, 3.63) is 0 Å². The average molecular weight is 1090 g/mol. The number of hydrogen-bond donors (Lipinski definition) is 14. The van der Waals surface area contributed by atoms with Crippen molar-refractivity contribution < 1.29 is 113 Å². The number of carbonyl (C=O) groups excluding carboxylic acids is 5. The van der Waals surface area contributed by atoms with Gasteiger partial charge in [-0.05, 0) is 25.7 Å². The van der Waals surface area contributed by atoms with E-state index >= 15 is 0 Å². The Morgan fingerprint density at radius 2 is 0.840 bits per heavy atom. The Labute approximate surface area is 436 Å². The fourth-order valence-electron chi connectivity index (χ4n) is 8.23. The maximum atomic E-state index is 13.4. The largest absolute Gasteiger partial charge is 0.394 e. The maximum absolute atomic E-state index is 13.4. The van der Waals surface area contributed by atoms with Gasteiger partial charge in [-0.3, -0.25) is 24.0 Å². The summed E-state index contributed by atoms with van der Waals surface area (Å²) in [4.78, 5) is 64.8. The number of carbonyl (C=O) groups is 5. The Balaban J connectivity index is 1.59. The van der Waals surface area contributed by atoms with Crippen LogP contribution in [0.25, 0.3) is 0 Å². The smallest absolute Gasteiger partial charge is 0.231 e. The van der Waals surface area contributed by atoms with E-state index in [1.54, 1.807) is 20.8 Å². The van der Waals surface area contributed by atoms with Gasteiger partial charge in [0.2, 0.25) is 29.5 Å². The topological polar surface area (TPSA) is 411 Å². The lowest BCUT2D eigenvalue weighted by atomic mass is 9.92. The molecule has 3 aliphatic heterocycles. The van der Waals surface area contributed by atoms with Gasteiger partial charge in [0.25, 0.3) is 0 Å². The zero-order valence-corrected chi connectivity index (χ0v) is 43.5. The summed E-state index contributed by atoms with van der Waals surface area (Å²) < 4.78 is 50.5. The molecule has 75 heavy (non-hydrogen) atoms. The minimum absolute atomic E-state index is 0.0837. The summed E-state index contributed by atoms with van der Waals surface area (Å²) >= 11 is 0. The predicted octanol–water partition coefficient (Wildman–Crippen LogP) is -5.66. The molecule has 6 unspecified atom stereocenters. The average Bonchev–Trinajstić information content (AvgIpc) is 3.39. The summed E-state index contributed by atoms with van der Waals surface area (Å²) in [6.45, 7) is 3.08. The van der Waals surface area contributed by atoms with Crippen LogP contribution in [0.15, 0.2) is 0 Å². The van der Waals surface area contributed by atoms with Crippen LogP contribution in [0, 0.1) is 17.8 Å². The lowest BCUT2D eigenvalue weighted by Gasteiger charge is -2.40. The second-order valence-electron chi connectivity index (χ2n) is 19.1. The van der Waals surface area contributed by atoms with Crippen LogP contribution in [0.2, 0.25) is 0 Å². The normalized spacial score (nSPS) is 30.7. The van der Waals surface area contributed by atoms with Gasteiger partial charge in [0.15, 0.2) is 18.9 Å². The molecule has 0 radical (unpaired) electrons. The number of aliphatic hydroxyl groups is 9. The molecule has 5 amide bonds. The van der Waals surface area contributed by atoms with Crippen molar-refractivity contribution in [3.63, 3.8) is 0 Å². The lowest BCUT2D eigenvalue weighted by molar-refractivity contribution is -0.282. The van der Waals surface area contributed by atoms with Crippen LogP contribution in [0.5, 0.6) is 0 Å². The monoisotopic (exact) mass is 1090 g/mol. The van der Waals surface area contributed by atoms with Crippen molar-refractivity contribution in [3.8, 4) is 0 Å². The molecule has 436 valence electrons. The predicted molar refractivity (Wildman–Crippen MR) is 257 cm³/mol. The van der Waals surface area contributed by atoms with Crippen LogP contribution >= 0.6 is 0 Å². The van der Waals surface area contributed by atoms with Gasteiger partial charge in [-0.25, -0.2) is 0 Å². The molecule has 0 aliphatic carbocycles. The van der Waals surface area contributed by atoms with E-state index in [1.807, 2.05) is 0 Å². The van der Waals surface area contributed by atoms with Gasteiger partial charge in [0.1, 0.15) is 49.8 Å². The summed E-state index contributed by atoms with van der Waals surface area (Å²) in [6, 6.07) is 0. The summed E-state index contributed by atoms with van der Waals surface area (Å²) in [5.74, 6) is -4.44. The third-order valence-corrected chi connectivity index (χ3v) is 13.0. The van der Waals surface area contributed by atoms with E-state index in [9.17, 15) is 69.9 Å². The Morgan fingerprint density at radius 3 is 1.19 bits per heavy atom. The molecule has 0 bridgehead atoms. The summed E-state index contributed by atoms with van der Waals surface area (Å²) in [6.07, 6.45) is -13.3. The molecule has 28 heteroatoms. The number of nitrogens with one attached hydrogen (secondary N) is 5. The molecular formula is C47H85N5O23. The van der Waals surface area contributed by atoms with E-state index < -0.39 is 153 Å². The zero-order valence-electron chi connectivity index (χ0n) is 43.5. The van der Waals surface area contributed by atoms with E-state index in [1.165, 1.54) is 7.11 Å². The van der Waals surface area contributed by atoms with Gasteiger partial charge >= 0.3 is 0 Å². The number of amides is 5. The molecule has 0 aromatic heterocycles. The van der Waals surface area contributed by atoms with E-state index in [4.69, 9.17) is 42.6 Å². The van der Waals surface area contributed by atoms with Crippen molar-refractivity contribution in [2.45, 2.75) is 151 Å². The van der Waals surface area contributed by atoms with Crippen LogP contribution < -0.4 is 26.6 Å². The first-order valence-electron chi connectivity index (χ1n) is 25.6. The van der Waals surface area contributed by atoms with Crippen molar-refractivity contribution in [2.24, 2.45) is 17.8 Å². The minimum Gasteiger partial charge on any atom is -0.394 e. The third-order valence-electron chi connectivity index (χ3n) is 13.0. The highest BCUT2D eigenvalue weighted by atomic mass is 16.7. The second-order valence-corrected chi connectivity index (χ2v) is 19.1. The fourth-order valence-corrected chi connectivity index (χ4v) is 8.23. The first-order valence-corrected chi connectivity index (χ1v) is 25.6. The fraction of sp³-hybridized carbons (Fsp3) is 0.894. The minimum atomic E-state index is -1.49. The van der Waals surface area contributed by atoms with Gasteiger partial charge in [0, 0.05) is 63.8 Å². The lowest BCUT2D eigenvalue weighted by Crippen LogP contribution is -2.56. The molecule has 0 saturated carbocycles. The molecule has 3 heterocycles. The van der Waals surface area contributed by atoms with Gasteiger partial charge in [0.05, 0.1) is 89.9 Å². The highest BCUT2D eigenvalue weighted by molar-refractivity contribution is 5.97. The summed E-state index contributed by atoms with van der Waals surface area (Å²) in [5, 5.41) is 103. The van der Waals surface area contributed by atoms with Gasteiger partial charge < -0.3 is 115 Å². The van der Waals surface area contributed by atoms with Crippen molar-refractivity contribution in [2.75, 3.05) is 99.5 Å². The van der Waals surface area contributed by atoms with E-state index in [-0.39, 0.29) is 98.3 Å². The zero-order chi connectivity index (χ0) is 55.5. The molecule has 0 spiro atoms. The van der Waals surface area contributed by atoms with Gasteiger partial charge in [-0.2, -0.15) is 0 Å². The molecule has 0 aromatic rings. The molecule has 28 nitrogen and oxygen atoms in total. The molecule has 15 atom stereocenters. The first-order chi connectivity index (χ1) is 35.8. The number of hydrogen-bond acceptors (Lipinski definition) is 23. The Morgan fingerprint density at radius 1 is 0.480 bits per heavy atom. The Kier molecular flexibility index (Phi) is 30.9. The SMILES string of the molecule is COCNC(=O)CC(=O)NC(CCC(=O)NCCCO[C@@H]1OC(CO)[C@H](O)[C@H](O)C1C)(COCCC(=O)NCCCO[C@@H]1OC(CO)[C@H](O)[C@H](O)C1C)COCCC(=O)NCCCO[C@@H]1OC(CO)[C@H](O)[C@H](O)C1C. The van der Waals surface area contributed by atoms with Crippen molar-refractivity contribution in [1.82, 2.24) is 26.6 Å². The molecule has 3 fully saturated rings. The van der Waals surface area contributed by atoms with Crippen LogP contribution in [-0.2, 0) is 66.6 Å². The summed E-state index contributed by atoms with van der Waals surface area (Å²) in [5.41, 5.74) is -1.49. The highest BCUT2D eigenvalue weighted by Gasteiger charge is 2.45. The van der Waals surface area contributed by atoms with Crippen LogP contribution in [0.1, 0.15) is 72.1 Å².